The van der Waals surface area contributed by atoms with Crippen molar-refractivity contribution in [3.8, 4) is 0 Å². The molecular formula is C12H10F5N3. The first-order valence-corrected chi connectivity index (χ1v) is 5.58. The molecule has 0 spiro atoms. The number of aromatic nitrogens is 2. The number of hydrogen-bond donors (Lipinski definition) is 1. The van der Waals surface area contributed by atoms with E-state index in [1.165, 1.54) is 6.07 Å². The molecule has 1 unspecified atom stereocenters. The first-order valence-electron chi connectivity index (χ1n) is 5.58. The van der Waals surface area contributed by atoms with Crippen LogP contribution in [0.2, 0.25) is 0 Å². The Balaban J connectivity index is 2.13. The zero-order valence-corrected chi connectivity index (χ0v) is 10.0. The maximum atomic E-state index is 13.0. The zero-order chi connectivity index (χ0) is 14.9. The summed E-state index contributed by atoms with van der Waals surface area (Å²) in [6, 6.07) is 3.11. The summed E-state index contributed by atoms with van der Waals surface area (Å²) in [5.74, 6) is -2.08. The summed E-state index contributed by atoms with van der Waals surface area (Å²) in [7, 11) is 0. The SMILES string of the molecule is NC(Cn1ccc(C(F)(F)F)n1)c1ccc(F)c(F)c1. The highest BCUT2D eigenvalue weighted by atomic mass is 19.4. The largest absolute Gasteiger partial charge is 0.435 e. The number of nitrogens with two attached hydrogens (primary N) is 1. The third-order valence-electron chi connectivity index (χ3n) is 2.69. The van der Waals surface area contributed by atoms with Gasteiger partial charge in [-0.25, -0.2) is 8.78 Å². The second-order valence-electron chi connectivity index (χ2n) is 4.20. The topological polar surface area (TPSA) is 43.8 Å². The molecule has 0 saturated heterocycles. The van der Waals surface area contributed by atoms with Gasteiger partial charge in [-0.3, -0.25) is 4.68 Å². The van der Waals surface area contributed by atoms with E-state index in [2.05, 4.69) is 5.10 Å². The second kappa shape index (κ2) is 5.20. The van der Waals surface area contributed by atoms with Crippen molar-refractivity contribution in [3.05, 3.63) is 53.4 Å². The van der Waals surface area contributed by atoms with E-state index in [9.17, 15) is 22.0 Å². The number of rotatable bonds is 3. The normalized spacial score (nSPS) is 13.5. The fourth-order valence-corrected chi connectivity index (χ4v) is 1.66. The van der Waals surface area contributed by atoms with Crippen molar-refractivity contribution in [1.82, 2.24) is 9.78 Å². The average Bonchev–Trinajstić information content (AvgIpc) is 2.81. The number of nitrogens with zero attached hydrogens (tertiary/aromatic N) is 2. The quantitative estimate of drug-likeness (QED) is 0.884. The van der Waals surface area contributed by atoms with Crippen LogP contribution in [0.1, 0.15) is 17.3 Å². The van der Waals surface area contributed by atoms with Crippen LogP contribution in [-0.2, 0) is 12.7 Å². The van der Waals surface area contributed by atoms with Gasteiger partial charge in [0.15, 0.2) is 17.3 Å². The first kappa shape index (κ1) is 14.4. The average molecular weight is 291 g/mol. The summed E-state index contributed by atoms with van der Waals surface area (Å²) in [5.41, 5.74) is 4.97. The van der Waals surface area contributed by atoms with Gasteiger partial charge in [0.25, 0.3) is 0 Å². The molecule has 1 aromatic carbocycles. The van der Waals surface area contributed by atoms with E-state index in [-0.39, 0.29) is 12.1 Å². The lowest BCUT2D eigenvalue weighted by atomic mass is 10.1. The van der Waals surface area contributed by atoms with Gasteiger partial charge in [-0.1, -0.05) is 6.07 Å². The van der Waals surface area contributed by atoms with Crippen molar-refractivity contribution < 1.29 is 22.0 Å². The summed E-state index contributed by atoms with van der Waals surface area (Å²) in [6.45, 7) is -0.0822. The van der Waals surface area contributed by atoms with Gasteiger partial charge in [0.1, 0.15) is 0 Å². The van der Waals surface area contributed by atoms with E-state index in [4.69, 9.17) is 5.73 Å². The number of hydrogen-bond acceptors (Lipinski definition) is 2. The summed E-state index contributed by atoms with van der Waals surface area (Å²) in [6.07, 6.45) is -3.40. The minimum Gasteiger partial charge on any atom is -0.322 e. The van der Waals surface area contributed by atoms with Crippen LogP contribution < -0.4 is 5.73 Å². The van der Waals surface area contributed by atoms with Crippen LogP contribution in [0, 0.1) is 11.6 Å². The summed E-state index contributed by atoms with van der Waals surface area (Å²) in [4.78, 5) is 0. The molecule has 0 radical (unpaired) electrons. The van der Waals surface area contributed by atoms with Crippen molar-refractivity contribution in [2.45, 2.75) is 18.8 Å². The summed E-state index contributed by atoms with van der Waals surface area (Å²) in [5, 5.41) is 3.33. The Kier molecular flexibility index (Phi) is 3.76. The zero-order valence-electron chi connectivity index (χ0n) is 10.0. The van der Waals surface area contributed by atoms with Crippen molar-refractivity contribution in [2.75, 3.05) is 0 Å². The van der Waals surface area contributed by atoms with Gasteiger partial charge in [0, 0.05) is 12.2 Å². The Morgan fingerprint density at radius 3 is 2.40 bits per heavy atom. The van der Waals surface area contributed by atoms with Crippen LogP contribution in [0.15, 0.2) is 30.5 Å². The highest BCUT2D eigenvalue weighted by Crippen LogP contribution is 2.27. The third kappa shape index (κ3) is 3.13. The smallest absolute Gasteiger partial charge is 0.322 e. The van der Waals surface area contributed by atoms with Crippen LogP contribution in [0.25, 0.3) is 0 Å². The lowest BCUT2D eigenvalue weighted by Gasteiger charge is -2.12. The molecule has 1 atom stereocenters. The summed E-state index contributed by atoms with van der Waals surface area (Å²) >= 11 is 0. The lowest BCUT2D eigenvalue weighted by Crippen LogP contribution is -2.19. The molecule has 20 heavy (non-hydrogen) atoms. The molecule has 0 aliphatic rings. The van der Waals surface area contributed by atoms with Gasteiger partial charge in [-0.05, 0) is 23.8 Å². The molecule has 2 N–H and O–H groups in total. The fourth-order valence-electron chi connectivity index (χ4n) is 1.66. The van der Waals surface area contributed by atoms with Gasteiger partial charge in [-0.15, -0.1) is 0 Å². The van der Waals surface area contributed by atoms with Gasteiger partial charge in [0.05, 0.1) is 6.54 Å². The molecule has 2 rings (SSSR count). The second-order valence-corrected chi connectivity index (χ2v) is 4.20. The van der Waals surface area contributed by atoms with Crippen LogP contribution in [0.5, 0.6) is 0 Å². The number of alkyl halides is 3. The molecule has 1 aromatic heterocycles. The minimum atomic E-state index is -4.53. The molecule has 1 heterocycles. The molecule has 0 amide bonds. The Labute approximate surface area is 110 Å². The van der Waals surface area contributed by atoms with E-state index in [1.54, 1.807) is 0 Å². The molecule has 2 aromatic rings. The predicted molar refractivity (Wildman–Crippen MR) is 60.5 cm³/mol. The lowest BCUT2D eigenvalue weighted by molar-refractivity contribution is -0.141. The fraction of sp³-hybridized carbons (Fsp3) is 0.250. The Hall–Kier alpha value is -1.96. The molecular weight excluding hydrogens is 281 g/mol. The molecule has 0 aliphatic carbocycles. The standard InChI is InChI=1S/C12H10F5N3/c13-8-2-1-7(5-9(8)14)10(18)6-20-4-3-11(19-20)12(15,16)17/h1-5,10H,6,18H2. The van der Waals surface area contributed by atoms with Crippen molar-refractivity contribution >= 4 is 0 Å². The van der Waals surface area contributed by atoms with E-state index < -0.39 is 29.5 Å². The van der Waals surface area contributed by atoms with E-state index in [1.807, 2.05) is 0 Å². The minimum absolute atomic E-state index is 0.0822. The van der Waals surface area contributed by atoms with Gasteiger partial charge < -0.3 is 5.73 Å². The summed E-state index contributed by atoms with van der Waals surface area (Å²) < 4.78 is 63.9. The van der Waals surface area contributed by atoms with Crippen molar-refractivity contribution in [1.29, 1.82) is 0 Å². The van der Waals surface area contributed by atoms with Crippen molar-refractivity contribution in [2.24, 2.45) is 5.73 Å². The Bertz CT molecular complexity index is 605. The Morgan fingerprint density at radius 2 is 1.85 bits per heavy atom. The van der Waals surface area contributed by atoms with Crippen molar-refractivity contribution in [3.63, 3.8) is 0 Å². The van der Waals surface area contributed by atoms with Crippen LogP contribution >= 0.6 is 0 Å². The molecule has 0 fully saturated rings. The first-order chi connectivity index (χ1) is 9.27. The molecule has 3 nitrogen and oxygen atoms in total. The van der Waals surface area contributed by atoms with Gasteiger partial charge >= 0.3 is 6.18 Å². The highest BCUT2D eigenvalue weighted by molar-refractivity contribution is 5.21. The molecule has 0 saturated carbocycles. The molecule has 0 bridgehead atoms. The Morgan fingerprint density at radius 1 is 1.15 bits per heavy atom. The third-order valence-corrected chi connectivity index (χ3v) is 2.69. The maximum absolute atomic E-state index is 13.0. The van der Waals surface area contributed by atoms with Gasteiger partial charge in [0.2, 0.25) is 0 Å². The van der Waals surface area contributed by atoms with Crippen LogP contribution in [0.3, 0.4) is 0 Å². The van der Waals surface area contributed by atoms with E-state index >= 15 is 0 Å². The molecule has 8 heteroatoms. The van der Waals surface area contributed by atoms with Crippen LogP contribution in [0.4, 0.5) is 22.0 Å². The predicted octanol–water partition coefficient (Wildman–Crippen LogP) is 2.88. The van der Waals surface area contributed by atoms with Gasteiger partial charge in [-0.2, -0.15) is 18.3 Å². The van der Waals surface area contributed by atoms with E-state index in [0.717, 1.165) is 29.1 Å². The monoisotopic (exact) mass is 291 g/mol. The van der Waals surface area contributed by atoms with E-state index in [0.29, 0.717) is 0 Å². The van der Waals surface area contributed by atoms with Crippen LogP contribution in [-0.4, -0.2) is 9.78 Å². The number of halogens is 5. The maximum Gasteiger partial charge on any atom is 0.435 e. The molecule has 108 valence electrons. The highest BCUT2D eigenvalue weighted by Gasteiger charge is 2.33. The molecule has 0 aliphatic heterocycles. The number of benzene rings is 1.